The van der Waals surface area contributed by atoms with Gasteiger partial charge in [0.05, 0.1) is 5.69 Å². The van der Waals surface area contributed by atoms with Gasteiger partial charge in [-0.25, -0.2) is 9.59 Å². The number of anilines is 1. The normalized spacial score (nSPS) is 15.3. The molecule has 5 rings (SSSR count). The Morgan fingerprint density at radius 1 is 1.09 bits per heavy atom. The van der Waals surface area contributed by atoms with E-state index in [1.165, 1.54) is 10.9 Å². The summed E-state index contributed by atoms with van der Waals surface area (Å²) < 4.78 is 6.84. The lowest BCUT2D eigenvalue weighted by Crippen LogP contribution is -2.46. The van der Waals surface area contributed by atoms with E-state index >= 15 is 0 Å². The highest BCUT2D eigenvalue weighted by Gasteiger charge is 2.52. The number of aromatic carboxylic acids is 1. The van der Waals surface area contributed by atoms with Crippen molar-refractivity contribution in [2.24, 2.45) is 7.05 Å². The third kappa shape index (κ3) is 3.71. The van der Waals surface area contributed by atoms with Gasteiger partial charge in [0, 0.05) is 19.2 Å². The van der Waals surface area contributed by atoms with Gasteiger partial charge < -0.3 is 20.5 Å². The Morgan fingerprint density at radius 2 is 1.70 bits per heavy atom. The highest BCUT2D eigenvalue weighted by atomic mass is 16.5. The number of carboxylic acids is 1. The van der Waals surface area contributed by atoms with Crippen molar-refractivity contribution in [2.45, 2.75) is 24.3 Å². The Labute approximate surface area is 189 Å². The van der Waals surface area contributed by atoms with Crippen LogP contribution < -0.4 is 10.6 Å². The van der Waals surface area contributed by atoms with E-state index < -0.39 is 23.5 Å². The minimum absolute atomic E-state index is 0.0793. The number of benzene rings is 2. The van der Waals surface area contributed by atoms with Gasteiger partial charge in [-0.05, 0) is 35.1 Å². The number of aromatic nitrogens is 2. The first-order chi connectivity index (χ1) is 15.9. The van der Waals surface area contributed by atoms with E-state index in [9.17, 15) is 19.5 Å². The molecule has 1 heterocycles. The van der Waals surface area contributed by atoms with Crippen LogP contribution in [0.15, 0.2) is 54.7 Å². The standard InChI is InChI=1S/C24H22N4O5/c1-28-12-19(20(27-28)21(29)30)25-22(31)24(10-11-24)26-23(32)33-13-18-16-8-4-2-6-14(16)15-7-3-5-9-17(15)18/h2-9,12,18H,10-11,13H2,1H3,(H,25,31)(H,26,32)(H,29,30). The van der Waals surface area contributed by atoms with Crippen LogP contribution in [0.5, 0.6) is 0 Å². The van der Waals surface area contributed by atoms with Gasteiger partial charge in [0.2, 0.25) is 5.91 Å². The molecule has 168 valence electrons. The fourth-order valence-electron chi connectivity index (χ4n) is 4.34. The van der Waals surface area contributed by atoms with Crippen LogP contribution in [0.1, 0.15) is 40.4 Å². The molecule has 1 fully saturated rings. The summed E-state index contributed by atoms with van der Waals surface area (Å²) in [5, 5.41) is 18.3. The van der Waals surface area contributed by atoms with Gasteiger partial charge in [0.25, 0.3) is 0 Å². The van der Waals surface area contributed by atoms with Crippen LogP contribution in [0.4, 0.5) is 10.5 Å². The minimum Gasteiger partial charge on any atom is -0.476 e. The van der Waals surface area contributed by atoms with E-state index in [1.807, 2.05) is 36.4 Å². The van der Waals surface area contributed by atoms with Crippen LogP contribution in [0, 0.1) is 0 Å². The second-order valence-electron chi connectivity index (χ2n) is 8.36. The molecule has 2 aliphatic carbocycles. The minimum atomic E-state index is -1.25. The number of alkyl carbamates (subject to hydrolysis) is 1. The number of nitrogens with zero attached hydrogens (tertiary/aromatic N) is 2. The average molecular weight is 446 g/mol. The van der Waals surface area contributed by atoms with E-state index in [2.05, 4.69) is 27.9 Å². The zero-order valence-electron chi connectivity index (χ0n) is 17.9. The van der Waals surface area contributed by atoms with Gasteiger partial charge in [-0.1, -0.05) is 48.5 Å². The van der Waals surface area contributed by atoms with Crippen molar-refractivity contribution in [2.75, 3.05) is 11.9 Å². The van der Waals surface area contributed by atoms with E-state index in [1.54, 1.807) is 7.05 Å². The van der Waals surface area contributed by atoms with Crippen molar-refractivity contribution in [3.8, 4) is 11.1 Å². The number of carboxylic acid groups (broad SMARTS) is 1. The summed E-state index contributed by atoms with van der Waals surface area (Å²) in [5.41, 5.74) is 3.16. The number of rotatable bonds is 6. The van der Waals surface area contributed by atoms with Crippen LogP contribution in [0.25, 0.3) is 11.1 Å². The fraction of sp³-hybridized carbons (Fsp3) is 0.250. The fourth-order valence-corrected chi connectivity index (χ4v) is 4.34. The summed E-state index contributed by atoms with van der Waals surface area (Å²) in [5.74, 6) is -1.83. The van der Waals surface area contributed by atoms with Gasteiger partial charge in [0.1, 0.15) is 12.1 Å². The summed E-state index contributed by atoms with van der Waals surface area (Å²) in [4.78, 5) is 36.7. The lowest BCUT2D eigenvalue weighted by atomic mass is 9.98. The number of ether oxygens (including phenoxy) is 1. The van der Waals surface area contributed by atoms with Crippen LogP contribution in [0.2, 0.25) is 0 Å². The average Bonchev–Trinajstić information content (AvgIpc) is 3.38. The Balaban J connectivity index is 1.25. The molecule has 9 heteroatoms. The van der Waals surface area contributed by atoms with Gasteiger partial charge in [-0.2, -0.15) is 5.10 Å². The van der Waals surface area contributed by atoms with Crippen molar-refractivity contribution in [3.05, 3.63) is 71.5 Å². The smallest absolute Gasteiger partial charge is 0.408 e. The summed E-state index contributed by atoms with van der Waals surface area (Å²) in [6.07, 6.45) is 1.59. The molecule has 3 N–H and O–H groups in total. The maximum absolute atomic E-state index is 12.8. The number of carbonyl (C=O) groups is 3. The van der Waals surface area contributed by atoms with Crippen molar-refractivity contribution in [1.82, 2.24) is 15.1 Å². The second kappa shape index (κ2) is 7.77. The number of amides is 2. The van der Waals surface area contributed by atoms with Crippen molar-refractivity contribution in [3.63, 3.8) is 0 Å². The zero-order valence-corrected chi connectivity index (χ0v) is 17.9. The first kappa shape index (κ1) is 20.7. The molecule has 2 aromatic carbocycles. The molecule has 2 aliphatic rings. The van der Waals surface area contributed by atoms with E-state index in [0.29, 0.717) is 12.8 Å². The monoisotopic (exact) mass is 446 g/mol. The van der Waals surface area contributed by atoms with Crippen LogP contribution in [-0.4, -0.2) is 45.0 Å². The number of nitrogens with one attached hydrogen (secondary N) is 2. The first-order valence-corrected chi connectivity index (χ1v) is 10.6. The van der Waals surface area contributed by atoms with Gasteiger partial charge >= 0.3 is 12.1 Å². The summed E-state index contributed by atoms with van der Waals surface area (Å²) in [7, 11) is 1.56. The molecule has 0 spiro atoms. The molecule has 0 bridgehead atoms. The molecule has 2 amide bonds. The molecule has 1 saturated carbocycles. The molecule has 0 saturated heterocycles. The lowest BCUT2D eigenvalue weighted by Gasteiger charge is -2.19. The maximum Gasteiger partial charge on any atom is 0.408 e. The predicted octanol–water partition coefficient (Wildman–Crippen LogP) is 3.13. The quantitative estimate of drug-likeness (QED) is 0.535. The van der Waals surface area contributed by atoms with Gasteiger partial charge in [-0.15, -0.1) is 0 Å². The number of aryl methyl sites for hydroxylation is 1. The number of fused-ring (bicyclic) bond motifs is 3. The Bertz CT molecular complexity index is 1230. The highest BCUT2D eigenvalue weighted by Crippen LogP contribution is 2.44. The molecular formula is C24H22N4O5. The van der Waals surface area contributed by atoms with Crippen molar-refractivity contribution < 1.29 is 24.2 Å². The van der Waals surface area contributed by atoms with Gasteiger partial charge in [-0.3, -0.25) is 9.48 Å². The zero-order chi connectivity index (χ0) is 23.2. The summed E-state index contributed by atoms with van der Waals surface area (Å²) in [6, 6.07) is 16.1. The molecule has 0 unspecified atom stereocenters. The lowest BCUT2D eigenvalue weighted by molar-refractivity contribution is -0.119. The number of hydrogen-bond donors (Lipinski definition) is 3. The topological polar surface area (TPSA) is 123 Å². The third-order valence-electron chi connectivity index (χ3n) is 6.15. The molecular weight excluding hydrogens is 424 g/mol. The SMILES string of the molecule is Cn1cc(NC(=O)C2(NC(=O)OCC3c4ccccc4-c4ccccc43)CC2)c(C(=O)O)n1. The Kier molecular flexibility index (Phi) is 4.88. The highest BCUT2D eigenvalue weighted by molar-refractivity contribution is 6.05. The Hall–Kier alpha value is -4.14. The van der Waals surface area contributed by atoms with Crippen molar-refractivity contribution >= 4 is 23.7 Å². The first-order valence-electron chi connectivity index (χ1n) is 10.6. The van der Waals surface area contributed by atoms with E-state index in [-0.39, 0.29) is 23.9 Å². The largest absolute Gasteiger partial charge is 0.476 e. The summed E-state index contributed by atoms with van der Waals surface area (Å²) >= 11 is 0. The van der Waals surface area contributed by atoms with Crippen LogP contribution in [-0.2, 0) is 16.6 Å². The molecule has 0 atom stereocenters. The molecule has 1 aromatic heterocycles. The second-order valence-corrected chi connectivity index (χ2v) is 8.36. The van der Waals surface area contributed by atoms with Crippen LogP contribution >= 0.6 is 0 Å². The molecule has 9 nitrogen and oxygen atoms in total. The van der Waals surface area contributed by atoms with Gasteiger partial charge in [0.15, 0.2) is 5.69 Å². The van der Waals surface area contributed by atoms with E-state index in [0.717, 1.165) is 22.3 Å². The maximum atomic E-state index is 12.8. The number of carbonyl (C=O) groups excluding carboxylic acids is 2. The molecule has 3 aromatic rings. The molecule has 0 aliphatic heterocycles. The van der Waals surface area contributed by atoms with E-state index in [4.69, 9.17) is 4.74 Å². The summed E-state index contributed by atoms with van der Waals surface area (Å²) in [6.45, 7) is 0.142. The van der Waals surface area contributed by atoms with Crippen LogP contribution in [0.3, 0.4) is 0 Å². The Morgan fingerprint density at radius 3 is 2.27 bits per heavy atom. The molecule has 33 heavy (non-hydrogen) atoms. The number of hydrogen-bond acceptors (Lipinski definition) is 5. The predicted molar refractivity (Wildman–Crippen MR) is 119 cm³/mol. The molecule has 0 radical (unpaired) electrons. The third-order valence-corrected chi connectivity index (χ3v) is 6.15. The van der Waals surface area contributed by atoms with Crippen molar-refractivity contribution in [1.29, 1.82) is 0 Å².